The van der Waals surface area contributed by atoms with Crippen molar-refractivity contribution in [3.8, 4) is 5.69 Å². The van der Waals surface area contributed by atoms with Crippen LogP contribution in [-0.4, -0.2) is 92.3 Å². The lowest BCUT2D eigenvalue weighted by Crippen LogP contribution is -2.55. The molecule has 40 heavy (non-hydrogen) atoms. The summed E-state index contributed by atoms with van der Waals surface area (Å²) in [6, 6.07) is 8.75. The van der Waals surface area contributed by atoms with E-state index in [0.29, 0.717) is 18.3 Å². The maximum atomic E-state index is 15.1. The SMILES string of the molecule is CC(=O)OCN1[C+]=NN(C[C@@](O)(c2ccc(F)cc2F)[C@@H](C)N2CCN(c3ccc(-n4ccnn4)cc3)C2=O)C1. The Kier molecular flexibility index (Phi) is 7.28. The third kappa shape index (κ3) is 5.26. The topological polar surface area (TPSA) is 120 Å². The summed E-state index contributed by atoms with van der Waals surface area (Å²) < 4.78 is 35.4. The van der Waals surface area contributed by atoms with Crippen LogP contribution in [0.2, 0.25) is 0 Å². The fourth-order valence-electron chi connectivity index (χ4n) is 4.81. The standard InChI is InChI=1S/C26H27F2N8O4/c1-18(34-11-12-35(25(34)38)21-4-6-22(7-5-21)36-10-9-29-31-36)26(39,23-8-3-20(27)13-24(23)28)14-33-16-32(15-30-33)17-40-19(2)37/h3-10,13,18,39H,11-12,14,16-17H2,1-2H3/q+1/t18-,26+/m1/s1. The maximum Gasteiger partial charge on any atom is 0.547 e. The number of hydrogen-bond donors (Lipinski definition) is 1. The van der Waals surface area contributed by atoms with Gasteiger partial charge in [0, 0.05) is 37.3 Å². The molecule has 0 unspecified atom stereocenters. The number of hydrogen-bond acceptors (Lipinski definition) is 9. The van der Waals surface area contributed by atoms with Crippen LogP contribution >= 0.6 is 0 Å². The Bertz CT molecular complexity index is 1400. The molecule has 1 fully saturated rings. The Labute approximate surface area is 228 Å². The lowest BCUT2D eigenvalue weighted by atomic mass is 9.85. The van der Waals surface area contributed by atoms with E-state index in [1.54, 1.807) is 53.2 Å². The number of amides is 2. The fourth-order valence-corrected chi connectivity index (χ4v) is 4.81. The minimum Gasteiger partial charge on any atom is -0.440 e. The van der Waals surface area contributed by atoms with E-state index in [4.69, 9.17) is 4.74 Å². The van der Waals surface area contributed by atoms with Gasteiger partial charge in [-0.1, -0.05) is 16.2 Å². The summed E-state index contributed by atoms with van der Waals surface area (Å²) in [5.41, 5.74) is -0.772. The van der Waals surface area contributed by atoms with Crippen molar-refractivity contribution in [1.82, 2.24) is 29.8 Å². The second kappa shape index (κ2) is 10.8. The highest BCUT2D eigenvalue weighted by molar-refractivity contribution is 5.94. The van der Waals surface area contributed by atoms with Crippen molar-refractivity contribution in [1.29, 1.82) is 0 Å². The number of carbonyl (C=O) groups excluding carboxylic acids is 2. The molecule has 14 heteroatoms. The van der Waals surface area contributed by atoms with Crippen LogP contribution < -0.4 is 4.90 Å². The molecule has 0 aliphatic carbocycles. The van der Waals surface area contributed by atoms with E-state index < -0.39 is 29.2 Å². The van der Waals surface area contributed by atoms with Crippen LogP contribution in [0.3, 0.4) is 0 Å². The smallest absolute Gasteiger partial charge is 0.440 e. The van der Waals surface area contributed by atoms with Gasteiger partial charge in [-0.05, 0) is 37.3 Å². The molecule has 1 N–H and O–H groups in total. The molecule has 0 radical (unpaired) electrons. The molecule has 1 aromatic heterocycles. The van der Waals surface area contributed by atoms with Crippen molar-refractivity contribution >= 4 is 24.0 Å². The molecule has 3 aromatic rings. The molecule has 12 nitrogen and oxygen atoms in total. The Morgan fingerprint density at radius 1 is 1.18 bits per heavy atom. The number of rotatable bonds is 9. The Balaban J connectivity index is 1.37. The lowest BCUT2D eigenvalue weighted by Gasteiger charge is -2.40. The van der Waals surface area contributed by atoms with Crippen molar-refractivity contribution in [3.63, 3.8) is 0 Å². The van der Waals surface area contributed by atoms with Crippen LogP contribution in [0.5, 0.6) is 0 Å². The summed E-state index contributed by atoms with van der Waals surface area (Å²) >= 11 is 0. The highest BCUT2D eigenvalue weighted by Crippen LogP contribution is 2.35. The third-order valence-electron chi connectivity index (χ3n) is 6.95. The molecule has 5 rings (SSSR count). The van der Waals surface area contributed by atoms with Gasteiger partial charge in [-0.3, -0.25) is 9.69 Å². The summed E-state index contributed by atoms with van der Waals surface area (Å²) in [5.74, 6) is -2.23. The molecule has 0 saturated carbocycles. The number of benzene rings is 2. The number of anilines is 1. The number of halogens is 2. The molecule has 2 aromatic carbocycles. The second-order valence-electron chi connectivity index (χ2n) is 9.53. The molecular formula is C26H27F2N8O4+. The molecule has 1 saturated heterocycles. The van der Waals surface area contributed by atoms with Gasteiger partial charge in [0.15, 0.2) is 6.67 Å². The molecule has 2 aliphatic heterocycles. The number of esters is 1. The summed E-state index contributed by atoms with van der Waals surface area (Å²) in [6.07, 6.45) is 5.93. The molecule has 3 heterocycles. The summed E-state index contributed by atoms with van der Waals surface area (Å²) in [5, 5.41) is 25.3. The van der Waals surface area contributed by atoms with Gasteiger partial charge < -0.3 is 14.7 Å². The highest BCUT2D eigenvalue weighted by atomic mass is 19.1. The van der Waals surface area contributed by atoms with Gasteiger partial charge in [0.25, 0.3) is 0 Å². The van der Waals surface area contributed by atoms with Crippen LogP contribution in [0, 0.1) is 11.6 Å². The molecule has 2 aliphatic rings. The van der Waals surface area contributed by atoms with Crippen molar-refractivity contribution in [2.75, 3.05) is 37.9 Å². The number of ether oxygens (including phenoxy) is 1. The van der Waals surface area contributed by atoms with Crippen LogP contribution in [-0.2, 0) is 15.1 Å². The number of aromatic nitrogens is 3. The van der Waals surface area contributed by atoms with E-state index in [-0.39, 0.29) is 38.1 Å². The molecule has 0 bridgehead atoms. The Morgan fingerprint density at radius 3 is 2.60 bits per heavy atom. The second-order valence-corrected chi connectivity index (χ2v) is 9.53. The van der Waals surface area contributed by atoms with E-state index in [2.05, 4.69) is 21.8 Å². The quantitative estimate of drug-likeness (QED) is 0.316. The van der Waals surface area contributed by atoms with E-state index in [0.717, 1.165) is 11.8 Å². The van der Waals surface area contributed by atoms with E-state index in [1.807, 2.05) is 0 Å². The average molecular weight is 554 g/mol. The minimum atomic E-state index is -2.00. The predicted octanol–water partition coefficient (Wildman–Crippen LogP) is 1.98. The molecule has 2 amide bonds. The van der Waals surface area contributed by atoms with E-state index in [9.17, 15) is 19.1 Å². The van der Waals surface area contributed by atoms with E-state index >= 15 is 4.39 Å². The molecule has 2 atom stereocenters. The van der Waals surface area contributed by atoms with Crippen LogP contribution in [0.1, 0.15) is 19.4 Å². The van der Waals surface area contributed by atoms with Gasteiger partial charge in [0.05, 0.1) is 30.7 Å². The number of urea groups is 1. The molecule has 208 valence electrons. The fraction of sp³-hybridized carbons (Fsp3) is 0.346. The van der Waals surface area contributed by atoms with Crippen LogP contribution in [0.15, 0.2) is 60.0 Å². The summed E-state index contributed by atoms with van der Waals surface area (Å²) in [6.45, 7) is 3.19. The summed E-state index contributed by atoms with van der Waals surface area (Å²) in [7, 11) is 0. The number of aliphatic hydroxyl groups is 1. The molecule has 0 spiro atoms. The van der Waals surface area contributed by atoms with Gasteiger partial charge in [0.2, 0.25) is 6.73 Å². The number of carbonyl (C=O) groups is 2. The normalized spacial score (nSPS) is 17.3. The first-order chi connectivity index (χ1) is 19.2. The van der Waals surface area contributed by atoms with Gasteiger partial charge in [-0.15, -0.1) is 5.10 Å². The number of nitrogens with zero attached hydrogens (tertiary/aromatic N) is 8. The first kappa shape index (κ1) is 26.9. The predicted molar refractivity (Wildman–Crippen MR) is 138 cm³/mol. The third-order valence-corrected chi connectivity index (χ3v) is 6.95. The van der Waals surface area contributed by atoms with Crippen molar-refractivity contribution in [3.05, 3.63) is 72.1 Å². The van der Waals surface area contributed by atoms with Gasteiger partial charge in [-0.25, -0.2) is 23.3 Å². The Hall–Kier alpha value is -4.68. The van der Waals surface area contributed by atoms with Gasteiger partial charge in [0.1, 0.15) is 22.3 Å². The minimum absolute atomic E-state index is 0.0866. The van der Waals surface area contributed by atoms with Gasteiger partial charge >= 0.3 is 18.3 Å². The zero-order chi connectivity index (χ0) is 28.4. The van der Waals surface area contributed by atoms with Crippen molar-refractivity contribution in [2.45, 2.75) is 25.5 Å². The number of β-amino-alcohol motifs (C(OH)–C–C–N with tert-alkyl or cyclic N) is 1. The van der Waals surface area contributed by atoms with Crippen molar-refractivity contribution in [2.24, 2.45) is 5.10 Å². The maximum absolute atomic E-state index is 15.1. The van der Waals surface area contributed by atoms with Crippen molar-refractivity contribution < 1.29 is 28.2 Å². The zero-order valence-electron chi connectivity index (χ0n) is 21.8. The average Bonchev–Trinajstić information content (AvgIpc) is 3.69. The monoisotopic (exact) mass is 553 g/mol. The molecular weight excluding hydrogens is 526 g/mol. The first-order valence-corrected chi connectivity index (χ1v) is 12.5. The summed E-state index contributed by atoms with van der Waals surface area (Å²) in [4.78, 5) is 29.2. The van der Waals surface area contributed by atoms with E-state index in [1.165, 1.54) is 27.8 Å². The first-order valence-electron chi connectivity index (χ1n) is 12.5. The zero-order valence-corrected chi connectivity index (χ0v) is 21.8. The Morgan fingerprint density at radius 2 is 1.93 bits per heavy atom. The van der Waals surface area contributed by atoms with Crippen LogP contribution in [0.25, 0.3) is 5.69 Å². The van der Waals surface area contributed by atoms with Gasteiger partial charge in [-0.2, -0.15) is 0 Å². The van der Waals surface area contributed by atoms with Crippen LogP contribution in [0.4, 0.5) is 19.3 Å². The largest absolute Gasteiger partial charge is 0.547 e. The number of hydrazone groups is 1. The highest BCUT2D eigenvalue weighted by Gasteiger charge is 2.48. The lowest BCUT2D eigenvalue weighted by molar-refractivity contribution is -0.144.